The minimum atomic E-state index is 0.329. The number of nitrogens with zero attached hydrogens (tertiary/aromatic N) is 1. The van der Waals surface area contributed by atoms with Crippen molar-refractivity contribution in [1.29, 1.82) is 0 Å². The molecule has 2 unspecified atom stereocenters. The van der Waals surface area contributed by atoms with Gasteiger partial charge in [0.2, 0.25) is 0 Å². The highest BCUT2D eigenvalue weighted by molar-refractivity contribution is 4.91. The Kier molecular flexibility index (Phi) is 7.33. The summed E-state index contributed by atoms with van der Waals surface area (Å²) in [5, 5.41) is 3.68. The van der Waals surface area contributed by atoms with Gasteiger partial charge < -0.3 is 10.1 Å². The Morgan fingerprint density at radius 3 is 2.53 bits per heavy atom. The Morgan fingerprint density at radius 1 is 1.21 bits per heavy atom. The standard InChI is InChI=1S/C16H34N2O/c1-6-8-10-19-11-9-18-13-14(7-2)17-12-15(18)16(3,4)5/h14-15,17H,6-13H2,1-5H3. The molecule has 0 aromatic rings. The topological polar surface area (TPSA) is 24.5 Å². The molecule has 0 aliphatic carbocycles. The molecular formula is C16H34N2O. The molecule has 114 valence electrons. The van der Waals surface area contributed by atoms with Crippen molar-refractivity contribution < 1.29 is 4.74 Å². The number of hydrogen-bond acceptors (Lipinski definition) is 3. The Bertz CT molecular complexity index is 237. The Labute approximate surface area is 120 Å². The summed E-state index contributed by atoms with van der Waals surface area (Å²) in [6.07, 6.45) is 3.61. The van der Waals surface area contributed by atoms with Crippen molar-refractivity contribution in [1.82, 2.24) is 10.2 Å². The fourth-order valence-corrected chi connectivity index (χ4v) is 2.79. The van der Waals surface area contributed by atoms with Crippen LogP contribution in [0.2, 0.25) is 0 Å². The lowest BCUT2D eigenvalue weighted by molar-refractivity contribution is 0.0239. The van der Waals surface area contributed by atoms with E-state index in [1.807, 2.05) is 0 Å². The van der Waals surface area contributed by atoms with E-state index in [9.17, 15) is 0 Å². The molecular weight excluding hydrogens is 236 g/mol. The SMILES string of the molecule is CCCCOCCN1CC(CC)NCC1C(C)(C)C. The highest BCUT2D eigenvalue weighted by atomic mass is 16.5. The predicted molar refractivity (Wildman–Crippen MR) is 82.6 cm³/mol. The van der Waals surface area contributed by atoms with E-state index in [0.29, 0.717) is 17.5 Å². The van der Waals surface area contributed by atoms with E-state index < -0.39 is 0 Å². The summed E-state index contributed by atoms with van der Waals surface area (Å²) >= 11 is 0. The lowest BCUT2D eigenvalue weighted by atomic mass is 9.83. The summed E-state index contributed by atoms with van der Waals surface area (Å²) in [6.45, 7) is 16.6. The van der Waals surface area contributed by atoms with Gasteiger partial charge in [-0.05, 0) is 18.3 Å². The van der Waals surface area contributed by atoms with Gasteiger partial charge in [0.15, 0.2) is 0 Å². The molecule has 1 heterocycles. The molecule has 0 aromatic carbocycles. The van der Waals surface area contributed by atoms with Crippen LogP contribution in [-0.2, 0) is 4.74 Å². The van der Waals surface area contributed by atoms with Crippen molar-refractivity contribution >= 4 is 0 Å². The van der Waals surface area contributed by atoms with Gasteiger partial charge >= 0.3 is 0 Å². The Morgan fingerprint density at radius 2 is 1.95 bits per heavy atom. The summed E-state index contributed by atoms with van der Waals surface area (Å²) in [7, 11) is 0. The van der Waals surface area contributed by atoms with Gasteiger partial charge in [-0.15, -0.1) is 0 Å². The van der Waals surface area contributed by atoms with E-state index in [4.69, 9.17) is 4.74 Å². The van der Waals surface area contributed by atoms with Gasteiger partial charge in [0.05, 0.1) is 6.61 Å². The van der Waals surface area contributed by atoms with Crippen LogP contribution in [-0.4, -0.2) is 49.8 Å². The zero-order valence-electron chi connectivity index (χ0n) is 13.7. The van der Waals surface area contributed by atoms with Gasteiger partial charge in [-0.1, -0.05) is 41.0 Å². The lowest BCUT2D eigenvalue weighted by Gasteiger charge is -2.46. The molecule has 3 nitrogen and oxygen atoms in total. The first-order valence-corrected chi connectivity index (χ1v) is 8.04. The summed E-state index contributed by atoms with van der Waals surface area (Å²) in [5.74, 6) is 0. The second-order valence-corrected chi connectivity index (χ2v) is 6.86. The predicted octanol–water partition coefficient (Wildman–Crippen LogP) is 2.90. The Balaban J connectivity index is 2.42. The molecule has 1 aliphatic heterocycles. The third-order valence-corrected chi connectivity index (χ3v) is 4.15. The van der Waals surface area contributed by atoms with Crippen molar-refractivity contribution in [2.75, 3.05) is 32.8 Å². The van der Waals surface area contributed by atoms with Gasteiger partial charge in [-0.2, -0.15) is 0 Å². The van der Waals surface area contributed by atoms with Crippen molar-refractivity contribution in [2.24, 2.45) is 5.41 Å². The normalized spacial score (nSPS) is 25.7. The van der Waals surface area contributed by atoms with Crippen LogP contribution in [0, 0.1) is 5.41 Å². The Hall–Kier alpha value is -0.120. The summed E-state index contributed by atoms with van der Waals surface area (Å²) in [4.78, 5) is 2.64. The number of ether oxygens (including phenoxy) is 1. The zero-order valence-corrected chi connectivity index (χ0v) is 13.7. The smallest absolute Gasteiger partial charge is 0.0593 e. The lowest BCUT2D eigenvalue weighted by Crippen LogP contribution is -2.60. The first kappa shape index (κ1) is 16.9. The van der Waals surface area contributed by atoms with Gasteiger partial charge in [0, 0.05) is 38.3 Å². The molecule has 0 spiro atoms. The van der Waals surface area contributed by atoms with E-state index in [2.05, 4.69) is 44.8 Å². The van der Waals surface area contributed by atoms with Crippen LogP contribution in [0.3, 0.4) is 0 Å². The molecule has 0 saturated carbocycles. The van der Waals surface area contributed by atoms with Crippen molar-refractivity contribution in [3.05, 3.63) is 0 Å². The molecule has 1 saturated heterocycles. The van der Waals surface area contributed by atoms with Gasteiger partial charge in [-0.3, -0.25) is 4.90 Å². The van der Waals surface area contributed by atoms with Gasteiger partial charge in [0.1, 0.15) is 0 Å². The van der Waals surface area contributed by atoms with Crippen LogP contribution in [0.4, 0.5) is 0 Å². The zero-order chi connectivity index (χ0) is 14.3. The number of unbranched alkanes of at least 4 members (excludes halogenated alkanes) is 1. The number of hydrogen-bond donors (Lipinski definition) is 1. The summed E-state index contributed by atoms with van der Waals surface area (Å²) < 4.78 is 5.74. The molecule has 0 bridgehead atoms. The highest BCUT2D eigenvalue weighted by Crippen LogP contribution is 2.26. The molecule has 3 heteroatoms. The summed E-state index contributed by atoms with van der Waals surface area (Å²) in [5.41, 5.74) is 0.329. The van der Waals surface area contributed by atoms with E-state index >= 15 is 0 Å². The second kappa shape index (κ2) is 8.23. The van der Waals surface area contributed by atoms with Crippen LogP contribution in [0.25, 0.3) is 0 Å². The molecule has 1 fully saturated rings. The number of nitrogens with one attached hydrogen (secondary N) is 1. The third kappa shape index (κ3) is 5.80. The molecule has 1 rings (SSSR count). The van der Waals surface area contributed by atoms with Crippen molar-refractivity contribution in [2.45, 2.75) is 66.0 Å². The largest absolute Gasteiger partial charge is 0.380 e. The first-order valence-electron chi connectivity index (χ1n) is 8.04. The summed E-state index contributed by atoms with van der Waals surface area (Å²) in [6, 6.07) is 1.26. The van der Waals surface area contributed by atoms with Crippen molar-refractivity contribution in [3.63, 3.8) is 0 Å². The van der Waals surface area contributed by atoms with Crippen LogP contribution in [0.15, 0.2) is 0 Å². The van der Waals surface area contributed by atoms with Gasteiger partial charge in [0.25, 0.3) is 0 Å². The van der Waals surface area contributed by atoms with Crippen LogP contribution >= 0.6 is 0 Å². The molecule has 0 amide bonds. The van der Waals surface area contributed by atoms with Crippen molar-refractivity contribution in [3.8, 4) is 0 Å². The quantitative estimate of drug-likeness (QED) is 0.720. The average molecular weight is 270 g/mol. The monoisotopic (exact) mass is 270 g/mol. The van der Waals surface area contributed by atoms with Gasteiger partial charge in [-0.25, -0.2) is 0 Å². The second-order valence-electron chi connectivity index (χ2n) is 6.86. The average Bonchev–Trinajstić information content (AvgIpc) is 2.37. The van der Waals surface area contributed by atoms with Crippen LogP contribution < -0.4 is 5.32 Å². The van der Waals surface area contributed by atoms with Crippen LogP contribution in [0.5, 0.6) is 0 Å². The van der Waals surface area contributed by atoms with E-state index in [1.165, 1.54) is 19.3 Å². The van der Waals surface area contributed by atoms with E-state index in [-0.39, 0.29) is 0 Å². The van der Waals surface area contributed by atoms with Crippen LogP contribution in [0.1, 0.15) is 53.9 Å². The maximum atomic E-state index is 5.74. The molecule has 0 aromatic heterocycles. The number of rotatable bonds is 7. The maximum absolute atomic E-state index is 5.74. The molecule has 19 heavy (non-hydrogen) atoms. The number of piperazine rings is 1. The highest BCUT2D eigenvalue weighted by Gasteiger charge is 2.34. The third-order valence-electron chi connectivity index (χ3n) is 4.15. The molecule has 1 aliphatic rings. The maximum Gasteiger partial charge on any atom is 0.0593 e. The fourth-order valence-electron chi connectivity index (χ4n) is 2.79. The molecule has 0 radical (unpaired) electrons. The van der Waals surface area contributed by atoms with E-state index in [0.717, 1.165) is 32.8 Å². The minimum Gasteiger partial charge on any atom is -0.380 e. The molecule has 2 atom stereocenters. The molecule has 1 N–H and O–H groups in total. The first-order chi connectivity index (χ1) is 8.99. The fraction of sp³-hybridized carbons (Fsp3) is 1.00. The van der Waals surface area contributed by atoms with E-state index in [1.54, 1.807) is 0 Å². The minimum absolute atomic E-state index is 0.329.